The minimum absolute atomic E-state index is 0.149. The molecule has 124 valence electrons. The zero-order valence-corrected chi connectivity index (χ0v) is 13.9. The molecule has 3 heterocycles. The summed E-state index contributed by atoms with van der Waals surface area (Å²) in [5.41, 5.74) is 0.826. The smallest absolute Gasteiger partial charge is 0.374 e. The number of nitrogens with zero attached hydrogens (tertiary/aromatic N) is 3. The summed E-state index contributed by atoms with van der Waals surface area (Å²) in [6.45, 7) is 5.99. The van der Waals surface area contributed by atoms with E-state index in [0.717, 1.165) is 37.3 Å². The van der Waals surface area contributed by atoms with Crippen LogP contribution in [0.2, 0.25) is 0 Å². The van der Waals surface area contributed by atoms with Gasteiger partial charge in [-0.3, -0.25) is 4.90 Å². The highest BCUT2D eigenvalue weighted by molar-refractivity contribution is 5.87. The van der Waals surface area contributed by atoms with Crippen molar-refractivity contribution in [3.8, 4) is 0 Å². The van der Waals surface area contributed by atoms with Gasteiger partial charge in [0, 0.05) is 37.1 Å². The number of imidazole rings is 1. The maximum absolute atomic E-state index is 11.7. The van der Waals surface area contributed by atoms with Crippen molar-refractivity contribution in [1.82, 2.24) is 14.5 Å². The van der Waals surface area contributed by atoms with Crippen molar-refractivity contribution >= 4 is 5.97 Å². The number of piperidine rings is 1. The van der Waals surface area contributed by atoms with E-state index in [-0.39, 0.29) is 6.04 Å². The van der Waals surface area contributed by atoms with Crippen LogP contribution in [0.1, 0.15) is 53.7 Å². The van der Waals surface area contributed by atoms with Gasteiger partial charge >= 0.3 is 5.97 Å². The summed E-state index contributed by atoms with van der Waals surface area (Å²) >= 11 is 0. The number of aromatic nitrogens is 2. The van der Waals surface area contributed by atoms with Gasteiger partial charge in [-0.2, -0.15) is 0 Å². The van der Waals surface area contributed by atoms with E-state index in [0.29, 0.717) is 11.8 Å². The van der Waals surface area contributed by atoms with E-state index in [9.17, 15) is 4.79 Å². The van der Waals surface area contributed by atoms with Crippen LogP contribution in [0, 0.1) is 6.92 Å². The number of ether oxygens (including phenoxy) is 1. The fourth-order valence-electron chi connectivity index (χ4n) is 3.24. The molecular formula is C17H23N3O3. The van der Waals surface area contributed by atoms with Gasteiger partial charge in [0.05, 0.1) is 19.5 Å². The van der Waals surface area contributed by atoms with Gasteiger partial charge < -0.3 is 13.7 Å². The van der Waals surface area contributed by atoms with E-state index in [1.807, 2.05) is 31.7 Å². The lowest BCUT2D eigenvalue weighted by Gasteiger charge is -2.35. The average Bonchev–Trinajstić information content (AvgIpc) is 3.23. The minimum atomic E-state index is -0.417. The zero-order chi connectivity index (χ0) is 16.4. The number of furan rings is 1. The third-order valence-electron chi connectivity index (χ3n) is 4.71. The maximum Gasteiger partial charge on any atom is 0.374 e. The van der Waals surface area contributed by atoms with Crippen LogP contribution >= 0.6 is 0 Å². The fraction of sp³-hybridized carbons (Fsp3) is 0.529. The summed E-state index contributed by atoms with van der Waals surface area (Å²) in [7, 11) is 1.37. The van der Waals surface area contributed by atoms with Crippen molar-refractivity contribution in [3.63, 3.8) is 0 Å². The molecule has 0 aromatic carbocycles. The largest absolute Gasteiger partial charge is 0.463 e. The van der Waals surface area contributed by atoms with E-state index in [1.165, 1.54) is 7.11 Å². The summed E-state index contributed by atoms with van der Waals surface area (Å²) in [4.78, 5) is 18.2. The zero-order valence-electron chi connectivity index (χ0n) is 13.9. The molecule has 0 saturated carbocycles. The Labute approximate surface area is 136 Å². The molecule has 0 bridgehead atoms. The van der Waals surface area contributed by atoms with Crippen LogP contribution in [0.25, 0.3) is 0 Å². The lowest BCUT2D eigenvalue weighted by Crippen LogP contribution is -2.36. The van der Waals surface area contributed by atoms with E-state index in [2.05, 4.69) is 21.4 Å². The van der Waals surface area contributed by atoms with Gasteiger partial charge in [-0.15, -0.1) is 0 Å². The maximum atomic E-state index is 11.7. The lowest BCUT2D eigenvalue weighted by molar-refractivity contribution is 0.0555. The molecule has 6 heteroatoms. The predicted octanol–water partition coefficient (Wildman–Crippen LogP) is 2.97. The molecule has 1 atom stereocenters. The topological polar surface area (TPSA) is 60.5 Å². The number of esters is 1. The Morgan fingerprint density at radius 2 is 2.17 bits per heavy atom. The molecule has 0 radical (unpaired) electrons. The summed E-state index contributed by atoms with van der Waals surface area (Å²) in [6, 6.07) is 2.61. The number of hydrogen-bond donors (Lipinski definition) is 0. The molecule has 23 heavy (non-hydrogen) atoms. The minimum Gasteiger partial charge on any atom is -0.463 e. The highest BCUT2D eigenvalue weighted by Crippen LogP contribution is 2.30. The molecule has 6 nitrogen and oxygen atoms in total. The van der Waals surface area contributed by atoms with Gasteiger partial charge in [-0.05, 0) is 32.8 Å². The predicted molar refractivity (Wildman–Crippen MR) is 85.3 cm³/mol. The van der Waals surface area contributed by atoms with Crippen LogP contribution < -0.4 is 0 Å². The van der Waals surface area contributed by atoms with Crippen LogP contribution in [0.4, 0.5) is 0 Å². The molecule has 0 unspecified atom stereocenters. The molecule has 2 aromatic heterocycles. The summed E-state index contributed by atoms with van der Waals surface area (Å²) < 4.78 is 12.7. The quantitative estimate of drug-likeness (QED) is 0.811. The molecule has 3 rings (SSSR count). The Morgan fingerprint density at radius 1 is 1.43 bits per heavy atom. The second-order valence-electron chi connectivity index (χ2n) is 6.11. The van der Waals surface area contributed by atoms with Crippen LogP contribution in [-0.4, -0.2) is 40.6 Å². The second kappa shape index (κ2) is 6.58. The number of hydrogen-bond acceptors (Lipinski definition) is 5. The Morgan fingerprint density at radius 3 is 2.78 bits per heavy atom. The number of methoxy groups -OCH3 is 1. The Kier molecular flexibility index (Phi) is 4.52. The first kappa shape index (κ1) is 15.8. The number of carbonyl (C=O) groups is 1. The number of likely N-dealkylation sites (tertiary alicyclic amines) is 1. The van der Waals surface area contributed by atoms with E-state index < -0.39 is 5.97 Å². The first-order valence-electron chi connectivity index (χ1n) is 8.00. The van der Waals surface area contributed by atoms with Gasteiger partial charge in [0.25, 0.3) is 0 Å². The van der Waals surface area contributed by atoms with Gasteiger partial charge in [0.15, 0.2) is 0 Å². The van der Waals surface area contributed by atoms with Gasteiger partial charge in [0.2, 0.25) is 5.76 Å². The first-order valence-corrected chi connectivity index (χ1v) is 8.00. The van der Waals surface area contributed by atoms with Gasteiger partial charge in [-0.1, -0.05) is 0 Å². The SMILES string of the molecule is COC(=O)c1oc([C@@H](C)N2CCC(n3ccnc3)CC2)cc1C. The Bertz CT molecular complexity index is 655. The van der Waals surface area contributed by atoms with E-state index in [1.54, 1.807) is 0 Å². The first-order chi connectivity index (χ1) is 11.1. The third-order valence-corrected chi connectivity index (χ3v) is 4.71. The van der Waals surface area contributed by atoms with Gasteiger partial charge in [-0.25, -0.2) is 9.78 Å². The lowest BCUT2D eigenvalue weighted by atomic mass is 10.0. The fourth-order valence-corrected chi connectivity index (χ4v) is 3.24. The number of carbonyl (C=O) groups excluding carboxylic acids is 1. The molecule has 1 fully saturated rings. The van der Waals surface area contributed by atoms with E-state index >= 15 is 0 Å². The molecule has 0 spiro atoms. The summed E-state index contributed by atoms with van der Waals surface area (Å²) in [6.07, 6.45) is 7.92. The van der Waals surface area contributed by atoms with Crippen molar-refractivity contribution < 1.29 is 13.9 Å². The van der Waals surface area contributed by atoms with Crippen molar-refractivity contribution in [2.45, 2.75) is 38.8 Å². The number of rotatable bonds is 4. The molecule has 0 N–H and O–H groups in total. The average molecular weight is 317 g/mol. The highest BCUT2D eigenvalue weighted by atomic mass is 16.5. The highest BCUT2D eigenvalue weighted by Gasteiger charge is 2.27. The molecule has 0 amide bonds. The monoisotopic (exact) mass is 317 g/mol. The molecule has 2 aromatic rings. The second-order valence-corrected chi connectivity index (χ2v) is 6.11. The Hall–Kier alpha value is -2.08. The molecule has 1 aliphatic rings. The van der Waals surface area contributed by atoms with E-state index in [4.69, 9.17) is 9.15 Å². The van der Waals surface area contributed by atoms with Crippen LogP contribution in [0.15, 0.2) is 29.2 Å². The van der Waals surface area contributed by atoms with Gasteiger partial charge in [0.1, 0.15) is 5.76 Å². The van der Waals surface area contributed by atoms with Crippen molar-refractivity contribution in [2.24, 2.45) is 0 Å². The molecule has 1 aliphatic heterocycles. The molecule has 1 saturated heterocycles. The van der Waals surface area contributed by atoms with Crippen LogP contribution in [0.5, 0.6) is 0 Å². The summed E-state index contributed by atoms with van der Waals surface area (Å²) in [5.74, 6) is 0.714. The third kappa shape index (κ3) is 3.17. The Balaban J connectivity index is 1.65. The van der Waals surface area contributed by atoms with Crippen LogP contribution in [0.3, 0.4) is 0 Å². The standard InChI is InChI=1S/C17H23N3O3/c1-12-10-15(23-16(12)17(21)22-3)13(2)19-7-4-14(5-8-19)20-9-6-18-11-20/h6,9-11,13-14H,4-5,7-8H2,1-3H3/t13-/m1/s1. The van der Waals surface area contributed by atoms with Crippen molar-refractivity contribution in [3.05, 3.63) is 41.9 Å². The van der Waals surface area contributed by atoms with Crippen molar-refractivity contribution in [1.29, 1.82) is 0 Å². The molecule has 0 aliphatic carbocycles. The van der Waals surface area contributed by atoms with Crippen LogP contribution in [-0.2, 0) is 4.74 Å². The normalized spacial score (nSPS) is 18.0. The number of aryl methyl sites for hydroxylation is 1. The summed E-state index contributed by atoms with van der Waals surface area (Å²) in [5, 5.41) is 0. The van der Waals surface area contributed by atoms with Crippen molar-refractivity contribution in [2.75, 3.05) is 20.2 Å². The molecular weight excluding hydrogens is 294 g/mol.